The largest absolute Gasteiger partial charge is 0.509 e. The van der Waals surface area contributed by atoms with E-state index in [1.54, 1.807) is 0 Å². The van der Waals surface area contributed by atoms with Gasteiger partial charge < -0.3 is 9.30 Å². The smallest absolute Gasteiger partial charge is 0.225 e. The number of ether oxygens (including phenoxy) is 1. The third-order valence-electron chi connectivity index (χ3n) is 12.4. The van der Waals surface area contributed by atoms with Crippen LogP contribution in [0, 0.1) is 18.8 Å². The molecule has 60 heavy (non-hydrogen) atoms. The number of benzene rings is 6. The maximum absolute atomic E-state index is 6.91. The predicted molar refractivity (Wildman–Crippen MR) is 244 cm³/mol. The van der Waals surface area contributed by atoms with Gasteiger partial charge in [0.15, 0.2) is 12.4 Å². The van der Waals surface area contributed by atoms with Crippen LogP contribution in [0.2, 0.25) is 0 Å². The summed E-state index contributed by atoms with van der Waals surface area (Å²) in [6.45, 7) is 22.9. The molecule has 0 bridgehead atoms. The average molecular weight is 967 g/mol. The molecule has 0 spiro atoms. The number of quaternary nitrogens is 2. The summed E-state index contributed by atoms with van der Waals surface area (Å²) in [5.74, 6) is 2.12. The van der Waals surface area contributed by atoms with E-state index in [0.717, 1.165) is 44.4 Å². The van der Waals surface area contributed by atoms with Crippen molar-refractivity contribution in [2.75, 3.05) is 0 Å². The SMILES string of the molecule is CC(C)(C)c1cccc([N@+]23[CH-][N+]2(c2[c-]c(Oc4[c-]c5c(cc4)c4ccccc4n5-c4cc(C(C)(C)C)ccn4)cc(-c4ccccc4)c2)c2ccc(C(C)(C)C)cc23)c1.[Pt]. The summed E-state index contributed by atoms with van der Waals surface area (Å²) in [6, 6.07) is 55.7. The fourth-order valence-electron chi connectivity index (χ4n) is 8.99. The molecule has 0 aliphatic carbocycles. The van der Waals surface area contributed by atoms with Gasteiger partial charge in [0.1, 0.15) is 5.82 Å². The molecule has 4 heterocycles. The molecule has 0 radical (unpaired) electrons. The number of hydrogen-bond donors (Lipinski definition) is 0. The van der Waals surface area contributed by atoms with Gasteiger partial charge >= 0.3 is 0 Å². The van der Waals surface area contributed by atoms with E-state index >= 15 is 0 Å². The number of hydrogen-bond acceptors (Lipinski definition) is 2. The van der Waals surface area contributed by atoms with Gasteiger partial charge in [-0.15, -0.1) is 29.1 Å². The Balaban J connectivity index is 0.00000462. The van der Waals surface area contributed by atoms with E-state index in [1.807, 2.05) is 12.3 Å². The van der Waals surface area contributed by atoms with Gasteiger partial charge in [0.2, 0.25) is 11.4 Å². The summed E-state index contributed by atoms with van der Waals surface area (Å²) in [7, 11) is 0. The monoisotopic (exact) mass is 966 g/mol. The van der Waals surface area contributed by atoms with Crippen molar-refractivity contribution in [1.29, 1.82) is 0 Å². The number of aromatic nitrogens is 2. The quantitative estimate of drug-likeness (QED) is 0.0943. The van der Waals surface area contributed by atoms with Crippen molar-refractivity contribution in [2.45, 2.75) is 78.6 Å². The van der Waals surface area contributed by atoms with E-state index in [1.165, 1.54) is 33.8 Å². The van der Waals surface area contributed by atoms with Crippen LogP contribution in [-0.4, -0.2) is 9.55 Å². The van der Waals surface area contributed by atoms with Crippen LogP contribution in [0.4, 0.5) is 22.7 Å². The second kappa shape index (κ2) is 13.9. The number of pyridine rings is 1. The number of fused-ring (bicyclic) bond motifs is 7. The minimum Gasteiger partial charge on any atom is -0.509 e. The van der Waals surface area contributed by atoms with Gasteiger partial charge in [-0.25, -0.2) is 9.58 Å². The first-order chi connectivity index (χ1) is 28.1. The molecular formula is C54H51N4OPt-. The van der Waals surface area contributed by atoms with E-state index < -0.39 is 0 Å². The van der Waals surface area contributed by atoms with Gasteiger partial charge in [-0.3, -0.25) is 0 Å². The zero-order valence-corrected chi connectivity index (χ0v) is 38.1. The first-order valence-electron chi connectivity index (χ1n) is 20.7. The molecule has 0 N–H and O–H groups in total. The molecule has 0 amide bonds. The Labute approximate surface area is 369 Å². The number of rotatable bonds is 6. The van der Waals surface area contributed by atoms with Crippen molar-refractivity contribution in [2.24, 2.45) is 0 Å². The fraction of sp³-hybridized carbons (Fsp3) is 0.222. The maximum Gasteiger partial charge on any atom is 0.225 e. The van der Waals surface area contributed by atoms with E-state index in [0.29, 0.717) is 20.7 Å². The summed E-state index contributed by atoms with van der Waals surface area (Å²) in [5, 5.41) is 2.25. The van der Waals surface area contributed by atoms with Gasteiger partial charge in [0, 0.05) is 68.5 Å². The Morgan fingerprint density at radius 2 is 1.25 bits per heavy atom. The first-order valence-corrected chi connectivity index (χ1v) is 20.7. The molecule has 10 rings (SSSR count). The van der Waals surface area contributed by atoms with Crippen LogP contribution < -0.4 is 13.9 Å². The Bertz CT molecular complexity index is 2960. The third kappa shape index (κ3) is 6.20. The van der Waals surface area contributed by atoms with E-state index in [2.05, 4.69) is 213 Å². The molecule has 2 aromatic heterocycles. The Hall–Kier alpha value is -5.32. The van der Waals surface area contributed by atoms with Crippen LogP contribution in [0.15, 0.2) is 140 Å². The van der Waals surface area contributed by atoms with E-state index in [9.17, 15) is 0 Å². The first kappa shape index (κ1) is 40.1. The summed E-state index contributed by atoms with van der Waals surface area (Å²) >= 11 is 0. The van der Waals surface area contributed by atoms with Crippen molar-refractivity contribution in [3.05, 3.63) is 175 Å². The molecule has 2 aliphatic heterocycles. The van der Waals surface area contributed by atoms with Crippen molar-refractivity contribution in [3.63, 3.8) is 0 Å². The van der Waals surface area contributed by atoms with Crippen LogP contribution in [0.5, 0.6) is 11.5 Å². The zero-order valence-electron chi connectivity index (χ0n) is 35.9. The predicted octanol–water partition coefficient (Wildman–Crippen LogP) is 14.5. The van der Waals surface area contributed by atoms with Crippen LogP contribution in [-0.2, 0) is 37.3 Å². The molecule has 6 aromatic carbocycles. The molecule has 2 aliphatic rings. The zero-order chi connectivity index (χ0) is 41.1. The third-order valence-corrected chi connectivity index (χ3v) is 12.4. The Kier molecular flexibility index (Phi) is 9.26. The molecule has 6 heteroatoms. The minimum absolute atomic E-state index is 0. The second-order valence-corrected chi connectivity index (χ2v) is 19.4. The fourth-order valence-corrected chi connectivity index (χ4v) is 8.99. The summed E-state index contributed by atoms with van der Waals surface area (Å²) in [4.78, 5) is 4.89. The normalized spacial score (nSPS) is 18.4. The summed E-state index contributed by atoms with van der Waals surface area (Å²) in [6.07, 6.45) is 1.91. The molecule has 304 valence electrons. The standard InChI is InChI=1S/C54H51N4O.Pt/c1-52(2,3)38-18-15-19-41(30-38)57-35-58(57,49-25-22-39(31-50(49)57)53(4,5)6)42-28-37(36-16-11-10-12-17-36)29-44(33-42)59-43-23-24-46-45-20-13-14-21-47(45)56(48(46)34-43)51-32-40(26-27-55-51)54(7,8)9;/h10-32,35H,1-9H3;/q-1;/t57-,58?;/m0./s1. The van der Waals surface area contributed by atoms with Gasteiger partial charge in [0.25, 0.3) is 0 Å². The van der Waals surface area contributed by atoms with Gasteiger partial charge in [-0.2, -0.15) is 10.7 Å². The Morgan fingerprint density at radius 3 is 2.00 bits per heavy atom. The molecular weight excluding hydrogens is 916 g/mol. The van der Waals surface area contributed by atoms with Crippen LogP contribution in [0.1, 0.15) is 79.0 Å². The molecule has 1 saturated heterocycles. The van der Waals surface area contributed by atoms with Gasteiger partial charge in [-0.05, 0) is 62.1 Å². The van der Waals surface area contributed by atoms with Crippen LogP contribution >= 0.6 is 0 Å². The topological polar surface area (TPSA) is 27.1 Å². The van der Waals surface area contributed by atoms with Crippen LogP contribution in [0.25, 0.3) is 38.8 Å². The van der Waals surface area contributed by atoms with Crippen molar-refractivity contribution >= 4 is 44.6 Å². The minimum atomic E-state index is -0.0235. The number of para-hydroxylation sites is 1. The molecule has 2 atom stereocenters. The Morgan fingerprint density at radius 1 is 0.550 bits per heavy atom. The van der Waals surface area contributed by atoms with Gasteiger partial charge in [-0.1, -0.05) is 147 Å². The molecule has 0 saturated carbocycles. The van der Waals surface area contributed by atoms with E-state index in [4.69, 9.17) is 9.72 Å². The molecule has 8 aromatic rings. The van der Waals surface area contributed by atoms with Crippen molar-refractivity contribution < 1.29 is 25.8 Å². The average Bonchev–Trinajstić information content (AvgIpc) is 3.71. The van der Waals surface area contributed by atoms with Crippen molar-refractivity contribution in [1.82, 2.24) is 18.7 Å². The molecule has 5 nitrogen and oxygen atoms in total. The van der Waals surface area contributed by atoms with Crippen LogP contribution in [0.3, 0.4) is 0 Å². The molecule has 1 fully saturated rings. The van der Waals surface area contributed by atoms with Crippen molar-refractivity contribution in [3.8, 4) is 28.4 Å². The van der Waals surface area contributed by atoms with E-state index in [-0.39, 0.29) is 37.3 Å². The maximum atomic E-state index is 6.91. The summed E-state index contributed by atoms with van der Waals surface area (Å²) < 4.78 is 10.2. The summed E-state index contributed by atoms with van der Waals surface area (Å²) in [5.41, 5.74) is 12.9. The second-order valence-electron chi connectivity index (χ2n) is 19.4. The van der Waals surface area contributed by atoms with Gasteiger partial charge in [0.05, 0.1) is 5.69 Å². The number of nitrogens with zero attached hydrogens (tertiary/aromatic N) is 4. The molecule has 1 unspecified atom stereocenters.